The van der Waals surface area contributed by atoms with E-state index in [2.05, 4.69) is 20.4 Å². The molecule has 2 aliphatic rings. The molecule has 3 aromatic rings. The Bertz CT molecular complexity index is 957. The van der Waals surface area contributed by atoms with Gasteiger partial charge in [0.25, 0.3) is 0 Å². The zero-order valence-corrected chi connectivity index (χ0v) is 13.9. The van der Waals surface area contributed by atoms with E-state index in [1.54, 1.807) is 6.33 Å². The lowest BCUT2D eigenvalue weighted by Crippen LogP contribution is -2.16. The van der Waals surface area contributed by atoms with Crippen molar-refractivity contribution in [2.24, 2.45) is 0 Å². The summed E-state index contributed by atoms with van der Waals surface area (Å²) in [6.45, 7) is 0. The number of anilines is 1. The van der Waals surface area contributed by atoms with E-state index in [1.165, 1.54) is 19.3 Å². The number of fused-ring (bicyclic) bond motifs is 2. The van der Waals surface area contributed by atoms with Crippen molar-refractivity contribution in [1.29, 1.82) is 0 Å². The molecule has 1 aliphatic carbocycles. The smallest absolute Gasteiger partial charge is 0.238 e. The van der Waals surface area contributed by atoms with Crippen LogP contribution < -0.4 is 5.32 Å². The van der Waals surface area contributed by atoms with Gasteiger partial charge in [-0.05, 0) is 24.5 Å². The fourth-order valence-corrected chi connectivity index (χ4v) is 4.18. The summed E-state index contributed by atoms with van der Waals surface area (Å²) in [5, 5.41) is 8.45. The lowest BCUT2D eigenvalue weighted by atomic mass is 9.94. The quantitative estimate of drug-likeness (QED) is 0.780. The summed E-state index contributed by atoms with van der Waals surface area (Å²) in [6, 6.07) is 8.20. The molecule has 1 atom stereocenters. The molecule has 1 aromatic carbocycles. The molecule has 0 radical (unpaired) electrons. The SMILES string of the molecule is O=C1Nc2ccccc2C1c1ncnc2c1cnn2C1CCCCC1. The van der Waals surface area contributed by atoms with E-state index < -0.39 is 5.92 Å². The summed E-state index contributed by atoms with van der Waals surface area (Å²) < 4.78 is 2.04. The molecule has 0 spiro atoms. The Morgan fingerprint density at radius 3 is 2.80 bits per heavy atom. The van der Waals surface area contributed by atoms with Crippen molar-refractivity contribution >= 4 is 22.6 Å². The monoisotopic (exact) mass is 333 g/mol. The van der Waals surface area contributed by atoms with Crippen LogP contribution in [0.25, 0.3) is 11.0 Å². The van der Waals surface area contributed by atoms with Crippen LogP contribution in [0.4, 0.5) is 5.69 Å². The molecule has 1 unspecified atom stereocenters. The molecule has 126 valence electrons. The molecule has 0 bridgehead atoms. The van der Waals surface area contributed by atoms with E-state index in [0.29, 0.717) is 6.04 Å². The molecule has 25 heavy (non-hydrogen) atoms. The first kappa shape index (κ1) is 14.6. The topological polar surface area (TPSA) is 72.7 Å². The zero-order valence-electron chi connectivity index (χ0n) is 13.9. The third kappa shape index (κ3) is 2.24. The van der Waals surface area contributed by atoms with Crippen LogP contribution >= 0.6 is 0 Å². The zero-order chi connectivity index (χ0) is 16.8. The highest BCUT2D eigenvalue weighted by Gasteiger charge is 2.34. The maximum absolute atomic E-state index is 12.6. The highest BCUT2D eigenvalue weighted by Crippen LogP contribution is 2.39. The number of hydrogen-bond acceptors (Lipinski definition) is 4. The summed E-state index contributed by atoms with van der Waals surface area (Å²) in [5.74, 6) is -0.433. The van der Waals surface area contributed by atoms with Gasteiger partial charge in [-0.3, -0.25) is 4.79 Å². The largest absolute Gasteiger partial charge is 0.325 e. The van der Waals surface area contributed by atoms with Crippen LogP contribution in [-0.4, -0.2) is 25.7 Å². The van der Waals surface area contributed by atoms with Crippen molar-refractivity contribution in [2.45, 2.75) is 44.1 Å². The minimum atomic E-state index is -0.397. The Morgan fingerprint density at radius 1 is 1.08 bits per heavy atom. The number of carbonyl (C=O) groups is 1. The average molecular weight is 333 g/mol. The summed E-state index contributed by atoms with van der Waals surface area (Å²) in [6.07, 6.45) is 9.45. The van der Waals surface area contributed by atoms with Crippen LogP contribution in [0.1, 0.15) is 55.3 Å². The van der Waals surface area contributed by atoms with Crippen molar-refractivity contribution in [3.05, 3.63) is 48.0 Å². The van der Waals surface area contributed by atoms with Crippen LogP contribution in [-0.2, 0) is 4.79 Å². The number of aromatic nitrogens is 4. The van der Waals surface area contributed by atoms with Gasteiger partial charge in [0.15, 0.2) is 5.65 Å². The van der Waals surface area contributed by atoms with E-state index in [0.717, 1.165) is 40.8 Å². The van der Waals surface area contributed by atoms with Crippen molar-refractivity contribution in [3.63, 3.8) is 0 Å². The highest BCUT2D eigenvalue weighted by molar-refractivity contribution is 6.06. The van der Waals surface area contributed by atoms with Gasteiger partial charge in [0.2, 0.25) is 5.91 Å². The fourth-order valence-electron chi connectivity index (χ4n) is 4.18. The predicted molar refractivity (Wildman–Crippen MR) is 94.4 cm³/mol. The maximum Gasteiger partial charge on any atom is 0.238 e. The number of nitrogens with zero attached hydrogens (tertiary/aromatic N) is 4. The van der Waals surface area contributed by atoms with Gasteiger partial charge in [-0.25, -0.2) is 14.6 Å². The summed E-state index contributed by atoms with van der Waals surface area (Å²) in [4.78, 5) is 21.5. The second-order valence-electron chi connectivity index (χ2n) is 6.89. The standard InChI is InChI=1S/C19H19N5O/c25-19-16(13-8-4-5-9-15(13)23-19)17-14-10-22-24(18(14)21-11-20-17)12-6-2-1-3-7-12/h4-5,8-12,16H,1-3,6-7H2,(H,23,25). The van der Waals surface area contributed by atoms with Gasteiger partial charge in [0.1, 0.15) is 12.2 Å². The molecule has 6 heteroatoms. The Balaban J connectivity index is 1.63. The lowest BCUT2D eigenvalue weighted by molar-refractivity contribution is -0.116. The first-order valence-electron chi connectivity index (χ1n) is 8.91. The van der Waals surface area contributed by atoms with Crippen molar-refractivity contribution in [1.82, 2.24) is 19.7 Å². The Kier molecular flexibility index (Phi) is 3.29. The highest BCUT2D eigenvalue weighted by atomic mass is 16.2. The fraction of sp³-hybridized carbons (Fsp3) is 0.368. The van der Waals surface area contributed by atoms with Gasteiger partial charge in [-0.1, -0.05) is 37.5 Å². The Labute approximate surface area is 145 Å². The van der Waals surface area contributed by atoms with Crippen LogP contribution in [0.15, 0.2) is 36.8 Å². The number of benzene rings is 1. The Hall–Kier alpha value is -2.76. The molecule has 6 nitrogen and oxygen atoms in total. The van der Waals surface area contributed by atoms with Gasteiger partial charge in [-0.2, -0.15) is 5.10 Å². The first-order chi connectivity index (χ1) is 12.3. The minimum absolute atomic E-state index is 0.0355. The number of para-hydroxylation sites is 1. The predicted octanol–water partition coefficient (Wildman–Crippen LogP) is 3.42. The molecular formula is C19H19N5O. The number of rotatable bonds is 2. The van der Waals surface area contributed by atoms with E-state index in [9.17, 15) is 4.79 Å². The van der Waals surface area contributed by atoms with Gasteiger partial charge in [-0.15, -0.1) is 0 Å². The van der Waals surface area contributed by atoms with Crippen LogP contribution in [0.2, 0.25) is 0 Å². The third-order valence-corrected chi connectivity index (χ3v) is 5.41. The van der Waals surface area contributed by atoms with Crippen molar-refractivity contribution < 1.29 is 4.79 Å². The molecule has 2 aromatic heterocycles. The van der Waals surface area contributed by atoms with Gasteiger partial charge < -0.3 is 5.32 Å². The number of carbonyl (C=O) groups excluding carboxylic acids is 1. The second-order valence-corrected chi connectivity index (χ2v) is 6.89. The number of nitrogens with one attached hydrogen (secondary N) is 1. The molecule has 1 fully saturated rings. The third-order valence-electron chi connectivity index (χ3n) is 5.41. The van der Waals surface area contributed by atoms with Crippen LogP contribution in [0.3, 0.4) is 0 Å². The molecule has 1 saturated carbocycles. The number of amides is 1. The van der Waals surface area contributed by atoms with Crippen molar-refractivity contribution in [3.8, 4) is 0 Å². The van der Waals surface area contributed by atoms with E-state index >= 15 is 0 Å². The summed E-state index contributed by atoms with van der Waals surface area (Å²) in [7, 11) is 0. The van der Waals surface area contributed by atoms with E-state index in [1.807, 2.05) is 35.1 Å². The first-order valence-corrected chi connectivity index (χ1v) is 8.91. The molecule has 1 amide bonds. The summed E-state index contributed by atoms with van der Waals surface area (Å²) >= 11 is 0. The van der Waals surface area contributed by atoms with Crippen LogP contribution in [0.5, 0.6) is 0 Å². The lowest BCUT2D eigenvalue weighted by Gasteiger charge is -2.22. The minimum Gasteiger partial charge on any atom is -0.325 e. The normalized spacial score (nSPS) is 20.6. The van der Waals surface area contributed by atoms with E-state index in [4.69, 9.17) is 0 Å². The molecule has 1 N–H and O–H groups in total. The molecule has 3 heterocycles. The summed E-state index contributed by atoms with van der Waals surface area (Å²) in [5.41, 5.74) is 3.42. The maximum atomic E-state index is 12.6. The van der Waals surface area contributed by atoms with Gasteiger partial charge >= 0.3 is 0 Å². The second kappa shape index (κ2) is 5.65. The molecule has 1 aliphatic heterocycles. The Morgan fingerprint density at radius 2 is 1.92 bits per heavy atom. The number of hydrogen-bond donors (Lipinski definition) is 1. The molecule has 5 rings (SSSR count). The van der Waals surface area contributed by atoms with Crippen molar-refractivity contribution in [2.75, 3.05) is 5.32 Å². The average Bonchev–Trinajstić information content (AvgIpc) is 3.22. The van der Waals surface area contributed by atoms with E-state index in [-0.39, 0.29) is 5.91 Å². The molecule has 0 saturated heterocycles. The van der Waals surface area contributed by atoms with Crippen LogP contribution in [0, 0.1) is 0 Å². The van der Waals surface area contributed by atoms with Gasteiger partial charge in [0.05, 0.1) is 23.3 Å². The molecular weight excluding hydrogens is 314 g/mol. The van der Waals surface area contributed by atoms with Gasteiger partial charge in [0, 0.05) is 5.69 Å².